The number of rotatable bonds is 3. The molecule has 0 amide bonds. The number of alkyl halides is 1. The second-order valence-electron chi connectivity index (χ2n) is 3.98. The van der Waals surface area contributed by atoms with Crippen molar-refractivity contribution >= 4 is 11.6 Å². The van der Waals surface area contributed by atoms with Crippen LogP contribution in [-0.4, -0.2) is 6.54 Å². The minimum Gasteiger partial charge on any atom is -0.330 e. The summed E-state index contributed by atoms with van der Waals surface area (Å²) in [5.74, 6) is 0. The topological polar surface area (TPSA) is 26.0 Å². The summed E-state index contributed by atoms with van der Waals surface area (Å²) in [4.78, 5) is 0. The molecule has 0 radical (unpaired) electrons. The van der Waals surface area contributed by atoms with E-state index in [-0.39, 0.29) is 5.41 Å². The molecule has 1 aromatic rings. The zero-order chi connectivity index (χ0) is 10.2. The fourth-order valence-corrected chi connectivity index (χ4v) is 1.83. The monoisotopic (exact) mass is 213 g/mol. The van der Waals surface area contributed by atoms with Crippen LogP contribution in [0.5, 0.6) is 0 Å². The first-order chi connectivity index (χ1) is 6.68. The average molecular weight is 214 g/mol. The zero-order valence-corrected chi connectivity index (χ0v) is 8.60. The highest BCUT2D eigenvalue weighted by molar-refractivity contribution is 6.30. The summed E-state index contributed by atoms with van der Waals surface area (Å²) >= 11 is 5.73. The van der Waals surface area contributed by atoms with Gasteiger partial charge in [0, 0.05) is 17.0 Å². The van der Waals surface area contributed by atoms with Gasteiger partial charge in [-0.2, -0.15) is 0 Å². The van der Waals surface area contributed by atoms with Crippen molar-refractivity contribution in [2.45, 2.75) is 19.0 Å². The minimum absolute atomic E-state index is 0.284. The number of hydrogen-bond donors (Lipinski definition) is 1. The molecular formula is C11H13ClFN. The quantitative estimate of drug-likeness (QED) is 0.821. The van der Waals surface area contributed by atoms with Crippen LogP contribution in [-0.2, 0) is 0 Å². The third kappa shape index (κ3) is 1.64. The molecule has 1 unspecified atom stereocenters. The molecule has 0 aromatic heterocycles. The maximum Gasteiger partial charge on any atom is 0.132 e. The molecule has 2 N–H and O–H groups in total. The summed E-state index contributed by atoms with van der Waals surface area (Å²) < 4.78 is 14.0. The van der Waals surface area contributed by atoms with Crippen molar-refractivity contribution in [3.8, 4) is 0 Å². The Balaban J connectivity index is 2.19. The molecule has 0 aliphatic heterocycles. The molecule has 1 aliphatic rings. The summed E-state index contributed by atoms with van der Waals surface area (Å²) in [7, 11) is 0. The SMILES string of the molecule is NCC1(C(F)c2ccc(Cl)cc2)CC1. The Hall–Kier alpha value is -0.600. The van der Waals surface area contributed by atoms with E-state index in [0.29, 0.717) is 17.1 Å². The molecule has 2 rings (SSSR count). The van der Waals surface area contributed by atoms with E-state index in [2.05, 4.69) is 0 Å². The Morgan fingerprint density at radius 2 is 1.93 bits per heavy atom. The van der Waals surface area contributed by atoms with Gasteiger partial charge in [0.1, 0.15) is 6.17 Å². The first-order valence-corrected chi connectivity index (χ1v) is 5.15. The van der Waals surface area contributed by atoms with Gasteiger partial charge in [-0.05, 0) is 30.5 Å². The van der Waals surface area contributed by atoms with Gasteiger partial charge in [0.15, 0.2) is 0 Å². The van der Waals surface area contributed by atoms with E-state index < -0.39 is 6.17 Å². The molecule has 3 heteroatoms. The molecule has 1 atom stereocenters. The van der Waals surface area contributed by atoms with Gasteiger partial charge in [-0.3, -0.25) is 0 Å². The Morgan fingerprint density at radius 3 is 2.36 bits per heavy atom. The third-order valence-corrected chi connectivity index (χ3v) is 3.25. The average Bonchev–Trinajstić information content (AvgIpc) is 2.99. The van der Waals surface area contributed by atoms with Gasteiger partial charge in [-0.15, -0.1) is 0 Å². The molecule has 0 bridgehead atoms. The number of benzene rings is 1. The van der Waals surface area contributed by atoms with E-state index in [4.69, 9.17) is 17.3 Å². The van der Waals surface area contributed by atoms with Crippen LogP contribution in [0.15, 0.2) is 24.3 Å². The highest BCUT2D eigenvalue weighted by Crippen LogP contribution is 2.55. The van der Waals surface area contributed by atoms with E-state index in [1.165, 1.54) is 0 Å². The highest BCUT2D eigenvalue weighted by Gasteiger charge is 2.49. The van der Waals surface area contributed by atoms with E-state index in [9.17, 15) is 4.39 Å². The van der Waals surface area contributed by atoms with Crippen LogP contribution in [0.2, 0.25) is 5.02 Å². The third-order valence-electron chi connectivity index (χ3n) is 3.00. The van der Waals surface area contributed by atoms with E-state index >= 15 is 0 Å². The van der Waals surface area contributed by atoms with Crippen molar-refractivity contribution in [2.24, 2.45) is 11.1 Å². The predicted octanol–water partition coefficient (Wildman–Crippen LogP) is 3.09. The van der Waals surface area contributed by atoms with Crippen molar-refractivity contribution < 1.29 is 4.39 Å². The Kier molecular flexibility index (Phi) is 2.50. The van der Waals surface area contributed by atoms with Gasteiger partial charge in [0.05, 0.1) is 0 Å². The van der Waals surface area contributed by atoms with Crippen LogP contribution in [0, 0.1) is 5.41 Å². The molecule has 76 valence electrons. The molecule has 0 saturated heterocycles. The molecule has 1 fully saturated rings. The zero-order valence-electron chi connectivity index (χ0n) is 7.84. The fraction of sp³-hybridized carbons (Fsp3) is 0.455. The lowest BCUT2D eigenvalue weighted by Gasteiger charge is -2.18. The van der Waals surface area contributed by atoms with Crippen LogP contribution in [0.3, 0.4) is 0 Å². The molecule has 1 saturated carbocycles. The Morgan fingerprint density at radius 1 is 1.36 bits per heavy atom. The van der Waals surface area contributed by atoms with Gasteiger partial charge >= 0.3 is 0 Å². The lowest BCUT2D eigenvalue weighted by atomic mass is 9.94. The molecule has 1 aliphatic carbocycles. The summed E-state index contributed by atoms with van der Waals surface area (Å²) in [6, 6.07) is 6.91. The molecule has 1 aromatic carbocycles. The maximum absolute atomic E-state index is 14.0. The molecule has 0 heterocycles. The lowest BCUT2D eigenvalue weighted by Crippen LogP contribution is -2.20. The van der Waals surface area contributed by atoms with E-state index in [0.717, 1.165) is 12.8 Å². The van der Waals surface area contributed by atoms with Gasteiger partial charge in [0.25, 0.3) is 0 Å². The van der Waals surface area contributed by atoms with E-state index in [1.807, 2.05) is 0 Å². The van der Waals surface area contributed by atoms with Crippen molar-refractivity contribution in [1.82, 2.24) is 0 Å². The van der Waals surface area contributed by atoms with Crippen LogP contribution in [0.25, 0.3) is 0 Å². The Labute approximate surface area is 88.1 Å². The van der Waals surface area contributed by atoms with Gasteiger partial charge in [-0.1, -0.05) is 23.7 Å². The van der Waals surface area contributed by atoms with Crippen molar-refractivity contribution in [2.75, 3.05) is 6.54 Å². The number of hydrogen-bond acceptors (Lipinski definition) is 1. The first-order valence-electron chi connectivity index (χ1n) is 4.77. The minimum atomic E-state index is -0.940. The van der Waals surface area contributed by atoms with Crippen molar-refractivity contribution in [3.63, 3.8) is 0 Å². The van der Waals surface area contributed by atoms with Gasteiger partial charge in [-0.25, -0.2) is 4.39 Å². The number of halogens is 2. The van der Waals surface area contributed by atoms with Gasteiger partial charge < -0.3 is 5.73 Å². The second kappa shape index (κ2) is 3.52. The van der Waals surface area contributed by atoms with E-state index in [1.54, 1.807) is 24.3 Å². The molecule has 14 heavy (non-hydrogen) atoms. The van der Waals surface area contributed by atoms with Gasteiger partial charge in [0.2, 0.25) is 0 Å². The maximum atomic E-state index is 14.0. The fourth-order valence-electron chi connectivity index (χ4n) is 1.71. The highest BCUT2D eigenvalue weighted by atomic mass is 35.5. The molecule has 0 spiro atoms. The normalized spacial score (nSPS) is 20.5. The van der Waals surface area contributed by atoms with Crippen molar-refractivity contribution in [3.05, 3.63) is 34.9 Å². The summed E-state index contributed by atoms with van der Waals surface area (Å²) in [5, 5.41) is 0.638. The summed E-state index contributed by atoms with van der Waals surface area (Å²) in [6.07, 6.45) is 0.852. The standard InChI is InChI=1S/C11H13ClFN/c12-9-3-1-8(2-4-9)10(13)11(7-14)5-6-11/h1-4,10H,5-7,14H2. The molecular weight excluding hydrogens is 201 g/mol. The van der Waals surface area contributed by atoms with Crippen LogP contribution >= 0.6 is 11.6 Å². The summed E-state index contributed by atoms with van der Waals surface area (Å²) in [5.41, 5.74) is 5.98. The van der Waals surface area contributed by atoms with Crippen LogP contribution in [0.4, 0.5) is 4.39 Å². The second-order valence-corrected chi connectivity index (χ2v) is 4.42. The lowest BCUT2D eigenvalue weighted by molar-refractivity contribution is 0.217. The molecule has 1 nitrogen and oxygen atoms in total. The Bertz CT molecular complexity index is 319. The summed E-state index contributed by atoms with van der Waals surface area (Å²) in [6.45, 7) is 0.427. The first kappa shape index (κ1) is 9.94. The number of nitrogens with two attached hydrogens (primary N) is 1. The van der Waals surface area contributed by atoms with Crippen molar-refractivity contribution in [1.29, 1.82) is 0 Å². The van der Waals surface area contributed by atoms with Crippen LogP contribution < -0.4 is 5.73 Å². The smallest absolute Gasteiger partial charge is 0.132 e. The predicted molar refractivity (Wildman–Crippen MR) is 56.0 cm³/mol. The van der Waals surface area contributed by atoms with Crippen LogP contribution in [0.1, 0.15) is 24.6 Å². The largest absolute Gasteiger partial charge is 0.330 e.